The standard InChI is InChI=1S/C21H29NO2/c1-13-8-9-18(22-12-13)11-21(6,7)17(5)24-20-14(2)10-19(23)15(3)16(20)4/h8-10,12,17,23H,11H2,1-7H3. The average molecular weight is 327 g/mol. The Morgan fingerprint density at radius 3 is 2.38 bits per heavy atom. The Kier molecular flexibility index (Phi) is 5.22. The fourth-order valence-electron chi connectivity index (χ4n) is 2.77. The topological polar surface area (TPSA) is 42.4 Å². The van der Waals surface area contributed by atoms with E-state index in [2.05, 4.69) is 37.9 Å². The number of ether oxygens (including phenoxy) is 1. The van der Waals surface area contributed by atoms with Gasteiger partial charge in [0.15, 0.2) is 0 Å². The summed E-state index contributed by atoms with van der Waals surface area (Å²) < 4.78 is 6.33. The molecule has 0 bridgehead atoms. The summed E-state index contributed by atoms with van der Waals surface area (Å²) >= 11 is 0. The van der Waals surface area contributed by atoms with Crippen LogP contribution in [0.3, 0.4) is 0 Å². The van der Waals surface area contributed by atoms with Gasteiger partial charge in [0.05, 0.1) is 0 Å². The maximum Gasteiger partial charge on any atom is 0.126 e. The van der Waals surface area contributed by atoms with Gasteiger partial charge >= 0.3 is 0 Å². The average Bonchev–Trinajstić information content (AvgIpc) is 2.51. The molecule has 3 heteroatoms. The molecule has 0 aliphatic rings. The minimum absolute atomic E-state index is 0.0157. The predicted molar refractivity (Wildman–Crippen MR) is 98.9 cm³/mol. The molecule has 0 aliphatic heterocycles. The van der Waals surface area contributed by atoms with Crippen LogP contribution >= 0.6 is 0 Å². The van der Waals surface area contributed by atoms with Crippen molar-refractivity contribution in [1.29, 1.82) is 0 Å². The first-order valence-corrected chi connectivity index (χ1v) is 8.50. The maximum atomic E-state index is 9.95. The van der Waals surface area contributed by atoms with Gasteiger partial charge < -0.3 is 9.84 Å². The van der Waals surface area contributed by atoms with E-state index < -0.39 is 0 Å². The number of aromatic hydroxyl groups is 1. The van der Waals surface area contributed by atoms with Crippen molar-refractivity contribution in [2.45, 2.75) is 61.0 Å². The second kappa shape index (κ2) is 6.84. The summed E-state index contributed by atoms with van der Waals surface area (Å²) in [5, 5.41) is 9.95. The smallest absolute Gasteiger partial charge is 0.126 e. The summed E-state index contributed by atoms with van der Waals surface area (Å²) in [5.41, 5.74) is 5.03. The zero-order valence-corrected chi connectivity index (χ0v) is 15.9. The number of aromatic nitrogens is 1. The van der Waals surface area contributed by atoms with Crippen molar-refractivity contribution in [3.8, 4) is 11.5 Å². The highest BCUT2D eigenvalue weighted by atomic mass is 16.5. The molecule has 0 saturated carbocycles. The Morgan fingerprint density at radius 1 is 1.12 bits per heavy atom. The lowest BCUT2D eigenvalue weighted by atomic mass is 9.82. The monoisotopic (exact) mass is 327 g/mol. The lowest BCUT2D eigenvalue weighted by Gasteiger charge is -2.33. The van der Waals surface area contributed by atoms with Gasteiger partial charge in [0.25, 0.3) is 0 Å². The van der Waals surface area contributed by atoms with E-state index in [1.54, 1.807) is 6.07 Å². The van der Waals surface area contributed by atoms with E-state index >= 15 is 0 Å². The molecule has 130 valence electrons. The normalized spacial score (nSPS) is 13.0. The van der Waals surface area contributed by atoms with Crippen molar-refractivity contribution in [3.05, 3.63) is 52.3 Å². The van der Waals surface area contributed by atoms with Gasteiger partial charge in [-0.1, -0.05) is 19.9 Å². The molecule has 1 unspecified atom stereocenters. The van der Waals surface area contributed by atoms with Gasteiger partial charge in [0.2, 0.25) is 0 Å². The van der Waals surface area contributed by atoms with Crippen LogP contribution in [-0.4, -0.2) is 16.2 Å². The molecule has 1 aromatic carbocycles. The minimum atomic E-state index is -0.0626. The van der Waals surface area contributed by atoms with Crippen molar-refractivity contribution in [1.82, 2.24) is 4.98 Å². The predicted octanol–water partition coefficient (Wildman–Crippen LogP) is 5.06. The number of nitrogens with zero attached hydrogens (tertiary/aromatic N) is 1. The van der Waals surface area contributed by atoms with Crippen molar-refractivity contribution >= 4 is 0 Å². The number of pyridine rings is 1. The highest BCUT2D eigenvalue weighted by molar-refractivity contribution is 5.51. The molecule has 1 atom stereocenters. The van der Waals surface area contributed by atoms with Gasteiger partial charge in [0, 0.05) is 17.3 Å². The summed E-state index contributed by atoms with van der Waals surface area (Å²) in [6.45, 7) is 14.5. The number of benzene rings is 1. The molecule has 0 radical (unpaired) electrons. The molecule has 1 aromatic heterocycles. The molecule has 24 heavy (non-hydrogen) atoms. The SMILES string of the molecule is Cc1ccc(CC(C)(C)C(C)Oc2c(C)cc(O)c(C)c2C)nc1. The number of rotatable bonds is 5. The summed E-state index contributed by atoms with van der Waals surface area (Å²) in [6.07, 6.45) is 2.78. The van der Waals surface area contributed by atoms with Gasteiger partial charge in [-0.15, -0.1) is 0 Å². The van der Waals surface area contributed by atoms with Crippen LogP contribution in [0.25, 0.3) is 0 Å². The van der Waals surface area contributed by atoms with E-state index in [1.165, 1.54) is 5.56 Å². The largest absolute Gasteiger partial charge is 0.508 e. The number of hydrogen-bond acceptors (Lipinski definition) is 3. The first kappa shape index (κ1) is 18.3. The van der Waals surface area contributed by atoms with E-state index in [1.807, 2.05) is 33.9 Å². The van der Waals surface area contributed by atoms with Crippen LogP contribution in [0, 0.1) is 33.1 Å². The zero-order chi connectivity index (χ0) is 18.1. The first-order valence-electron chi connectivity index (χ1n) is 8.50. The second-order valence-corrected chi connectivity index (χ2v) is 7.54. The van der Waals surface area contributed by atoms with Crippen LogP contribution in [0.5, 0.6) is 11.5 Å². The van der Waals surface area contributed by atoms with Gasteiger partial charge in [-0.25, -0.2) is 0 Å². The fourth-order valence-corrected chi connectivity index (χ4v) is 2.77. The molecule has 0 amide bonds. The second-order valence-electron chi connectivity index (χ2n) is 7.54. The Morgan fingerprint density at radius 2 is 1.79 bits per heavy atom. The third kappa shape index (κ3) is 3.89. The van der Waals surface area contributed by atoms with Crippen LogP contribution in [0.4, 0.5) is 0 Å². The minimum Gasteiger partial charge on any atom is -0.508 e. The van der Waals surface area contributed by atoms with E-state index in [0.717, 1.165) is 34.6 Å². The fraction of sp³-hybridized carbons (Fsp3) is 0.476. The molecule has 0 saturated heterocycles. The lowest BCUT2D eigenvalue weighted by Crippen LogP contribution is -2.34. The maximum absolute atomic E-state index is 9.95. The summed E-state index contributed by atoms with van der Waals surface area (Å²) in [4.78, 5) is 4.53. The summed E-state index contributed by atoms with van der Waals surface area (Å²) in [7, 11) is 0. The van der Waals surface area contributed by atoms with Gasteiger partial charge in [-0.05, 0) is 75.4 Å². The molecule has 2 aromatic rings. The molecule has 2 rings (SSSR count). The number of phenolic OH excluding ortho intramolecular Hbond substituents is 1. The Labute approximate surface area is 145 Å². The van der Waals surface area contributed by atoms with E-state index in [-0.39, 0.29) is 11.5 Å². The number of aryl methyl sites for hydroxylation is 2. The Hall–Kier alpha value is -2.03. The van der Waals surface area contributed by atoms with Crippen molar-refractivity contribution in [2.75, 3.05) is 0 Å². The number of phenols is 1. The van der Waals surface area contributed by atoms with Crippen molar-refractivity contribution < 1.29 is 9.84 Å². The van der Waals surface area contributed by atoms with E-state index in [9.17, 15) is 5.11 Å². The van der Waals surface area contributed by atoms with Crippen LogP contribution in [0.1, 0.15) is 48.7 Å². The van der Waals surface area contributed by atoms with Crippen LogP contribution in [-0.2, 0) is 6.42 Å². The third-order valence-corrected chi connectivity index (χ3v) is 5.00. The highest BCUT2D eigenvalue weighted by Gasteiger charge is 2.29. The van der Waals surface area contributed by atoms with Crippen LogP contribution in [0.15, 0.2) is 24.4 Å². The lowest BCUT2D eigenvalue weighted by molar-refractivity contribution is 0.0867. The summed E-state index contributed by atoms with van der Waals surface area (Å²) in [6, 6.07) is 5.96. The number of hydrogen-bond donors (Lipinski definition) is 1. The van der Waals surface area contributed by atoms with Crippen LogP contribution < -0.4 is 4.74 Å². The molecule has 0 aliphatic carbocycles. The van der Waals surface area contributed by atoms with E-state index in [4.69, 9.17) is 4.74 Å². The quantitative estimate of drug-likeness (QED) is 0.835. The molecule has 3 nitrogen and oxygen atoms in total. The highest BCUT2D eigenvalue weighted by Crippen LogP contribution is 2.36. The first-order chi connectivity index (χ1) is 11.1. The van der Waals surface area contributed by atoms with Crippen molar-refractivity contribution in [3.63, 3.8) is 0 Å². The van der Waals surface area contributed by atoms with Gasteiger partial charge in [-0.2, -0.15) is 0 Å². The summed E-state index contributed by atoms with van der Waals surface area (Å²) in [5.74, 6) is 1.20. The van der Waals surface area contributed by atoms with Gasteiger partial charge in [0.1, 0.15) is 17.6 Å². The molecule has 1 N–H and O–H groups in total. The van der Waals surface area contributed by atoms with Crippen LogP contribution in [0.2, 0.25) is 0 Å². The molecular weight excluding hydrogens is 298 g/mol. The molecular formula is C21H29NO2. The molecule has 1 heterocycles. The Balaban J connectivity index is 2.20. The van der Waals surface area contributed by atoms with Gasteiger partial charge in [-0.3, -0.25) is 4.98 Å². The third-order valence-electron chi connectivity index (χ3n) is 5.00. The zero-order valence-electron chi connectivity index (χ0n) is 15.9. The van der Waals surface area contributed by atoms with E-state index in [0.29, 0.717) is 5.75 Å². The van der Waals surface area contributed by atoms with Crippen molar-refractivity contribution in [2.24, 2.45) is 5.41 Å². The Bertz CT molecular complexity index is 718. The molecule has 0 spiro atoms. The molecule has 0 fully saturated rings.